The number of rotatable bonds is 6. The minimum Gasteiger partial charge on any atom is -0.373 e. The number of piperidine rings is 1. The Morgan fingerprint density at radius 2 is 1.88 bits per heavy atom. The summed E-state index contributed by atoms with van der Waals surface area (Å²) in [6.45, 7) is 2.07. The fourth-order valence-electron chi connectivity index (χ4n) is 2.77. The highest BCUT2D eigenvalue weighted by atomic mass is 35.5. The molecule has 1 heterocycles. The van der Waals surface area contributed by atoms with E-state index in [1.165, 1.54) is 10.6 Å². The van der Waals surface area contributed by atoms with E-state index in [9.17, 15) is 13.2 Å². The summed E-state index contributed by atoms with van der Waals surface area (Å²) in [6.07, 6.45) is 2.36. The van der Waals surface area contributed by atoms with Crippen molar-refractivity contribution in [3.63, 3.8) is 0 Å². The van der Waals surface area contributed by atoms with Crippen LogP contribution >= 0.6 is 11.6 Å². The number of amides is 1. The van der Waals surface area contributed by atoms with Crippen molar-refractivity contribution >= 4 is 33.2 Å². The molecular weight excluding hydrogens is 350 g/mol. The van der Waals surface area contributed by atoms with Gasteiger partial charge in [-0.3, -0.25) is 4.79 Å². The third-order valence-corrected chi connectivity index (χ3v) is 5.86. The molecule has 1 saturated heterocycles. The van der Waals surface area contributed by atoms with Crippen LogP contribution in [0.3, 0.4) is 0 Å². The first-order chi connectivity index (χ1) is 11.3. The minimum absolute atomic E-state index is 0.00709. The van der Waals surface area contributed by atoms with Crippen LogP contribution < -0.4 is 10.2 Å². The van der Waals surface area contributed by atoms with Gasteiger partial charge in [0.05, 0.1) is 6.26 Å². The van der Waals surface area contributed by atoms with Crippen molar-refractivity contribution in [1.29, 1.82) is 0 Å². The lowest BCUT2D eigenvalue weighted by molar-refractivity contribution is -0.126. The molecule has 0 bridgehead atoms. The predicted molar refractivity (Wildman–Crippen MR) is 96.9 cm³/mol. The second-order valence-corrected chi connectivity index (χ2v) is 8.54. The average Bonchev–Trinajstić information content (AvgIpc) is 2.54. The van der Waals surface area contributed by atoms with Gasteiger partial charge in [-0.25, -0.2) is 12.7 Å². The minimum atomic E-state index is -3.15. The number of carbonyl (C=O) groups is 1. The van der Waals surface area contributed by atoms with E-state index in [1.807, 2.05) is 36.2 Å². The fraction of sp³-hybridized carbons (Fsp3) is 0.562. The van der Waals surface area contributed by atoms with Crippen LogP contribution in [0.5, 0.6) is 0 Å². The second kappa shape index (κ2) is 8.18. The van der Waals surface area contributed by atoms with Crippen LogP contribution in [-0.4, -0.2) is 58.1 Å². The highest BCUT2D eigenvalue weighted by molar-refractivity contribution is 7.88. The smallest absolute Gasteiger partial charge is 0.223 e. The highest BCUT2D eigenvalue weighted by Crippen LogP contribution is 2.19. The number of halogens is 1. The van der Waals surface area contributed by atoms with E-state index >= 15 is 0 Å². The first-order valence-corrected chi connectivity index (χ1v) is 10.2. The van der Waals surface area contributed by atoms with Crippen molar-refractivity contribution in [3.05, 3.63) is 29.3 Å². The fourth-order valence-corrected chi connectivity index (χ4v) is 3.77. The maximum atomic E-state index is 12.2. The molecule has 6 nitrogen and oxygen atoms in total. The van der Waals surface area contributed by atoms with E-state index in [0.717, 1.165) is 5.69 Å². The molecule has 1 N–H and O–H groups in total. The molecular formula is C16H24ClN3O3S. The first kappa shape index (κ1) is 19.0. The van der Waals surface area contributed by atoms with Gasteiger partial charge in [0.15, 0.2) is 0 Å². The Kier molecular flexibility index (Phi) is 6.48. The second-order valence-electron chi connectivity index (χ2n) is 6.13. The molecule has 0 unspecified atom stereocenters. The summed E-state index contributed by atoms with van der Waals surface area (Å²) >= 11 is 5.87. The van der Waals surface area contributed by atoms with Crippen LogP contribution in [-0.2, 0) is 14.8 Å². The van der Waals surface area contributed by atoms with Gasteiger partial charge >= 0.3 is 0 Å². The summed E-state index contributed by atoms with van der Waals surface area (Å²) in [5, 5.41) is 3.64. The van der Waals surface area contributed by atoms with Crippen LogP contribution in [0.1, 0.15) is 12.8 Å². The molecule has 0 saturated carbocycles. The maximum Gasteiger partial charge on any atom is 0.223 e. The van der Waals surface area contributed by atoms with Crippen LogP contribution in [0.15, 0.2) is 24.3 Å². The summed E-state index contributed by atoms with van der Waals surface area (Å²) in [7, 11) is -1.19. The van der Waals surface area contributed by atoms with Crippen molar-refractivity contribution in [2.75, 3.05) is 44.4 Å². The molecule has 0 aromatic heterocycles. The van der Waals surface area contributed by atoms with Crippen LogP contribution in [0.4, 0.5) is 5.69 Å². The van der Waals surface area contributed by atoms with Gasteiger partial charge in [0.2, 0.25) is 15.9 Å². The number of sulfonamides is 1. The van der Waals surface area contributed by atoms with Crippen molar-refractivity contribution in [2.24, 2.45) is 5.92 Å². The Morgan fingerprint density at radius 3 is 2.42 bits per heavy atom. The van der Waals surface area contributed by atoms with E-state index in [2.05, 4.69) is 5.32 Å². The molecule has 1 fully saturated rings. The predicted octanol–water partition coefficient (Wildman–Crippen LogP) is 1.56. The van der Waals surface area contributed by atoms with Crippen molar-refractivity contribution in [3.8, 4) is 0 Å². The third kappa shape index (κ3) is 5.36. The lowest BCUT2D eigenvalue weighted by Crippen LogP contribution is -2.43. The van der Waals surface area contributed by atoms with Crippen molar-refractivity contribution in [1.82, 2.24) is 9.62 Å². The Morgan fingerprint density at radius 1 is 1.29 bits per heavy atom. The Bertz CT molecular complexity index is 656. The Balaban J connectivity index is 1.73. The summed E-state index contributed by atoms with van der Waals surface area (Å²) in [5.41, 5.74) is 1.04. The average molecular weight is 374 g/mol. The van der Waals surface area contributed by atoms with Crippen molar-refractivity contribution in [2.45, 2.75) is 12.8 Å². The van der Waals surface area contributed by atoms with Gasteiger partial charge in [-0.2, -0.15) is 0 Å². The molecule has 1 amide bonds. The third-order valence-electron chi connectivity index (χ3n) is 4.31. The largest absolute Gasteiger partial charge is 0.373 e. The summed E-state index contributed by atoms with van der Waals surface area (Å²) < 4.78 is 24.4. The molecule has 24 heavy (non-hydrogen) atoms. The molecule has 0 spiro atoms. The molecule has 0 aliphatic carbocycles. The van der Waals surface area contributed by atoms with Gasteiger partial charge in [0.1, 0.15) is 0 Å². The van der Waals surface area contributed by atoms with E-state index in [-0.39, 0.29) is 11.8 Å². The van der Waals surface area contributed by atoms with Crippen LogP contribution in [0.2, 0.25) is 5.02 Å². The van der Waals surface area contributed by atoms with Gasteiger partial charge < -0.3 is 10.2 Å². The molecule has 0 atom stereocenters. The number of anilines is 1. The topological polar surface area (TPSA) is 69.7 Å². The molecule has 2 rings (SSSR count). The van der Waals surface area contributed by atoms with E-state index in [1.54, 1.807) is 0 Å². The van der Waals surface area contributed by atoms with Gasteiger partial charge in [-0.05, 0) is 37.1 Å². The zero-order valence-corrected chi connectivity index (χ0v) is 15.6. The number of hydrogen-bond donors (Lipinski definition) is 1. The van der Waals surface area contributed by atoms with Gasteiger partial charge in [-0.1, -0.05) is 11.6 Å². The molecule has 1 aromatic rings. The molecule has 1 aliphatic heterocycles. The monoisotopic (exact) mass is 373 g/mol. The first-order valence-electron chi connectivity index (χ1n) is 7.97. The molecule has 134 valence electrons. The number of nitrogens with zero attached hydrogens (tertiary/aromatic N) is 2. The highest BCUT2D eigenvalue weighted by Gasteiger charge is 2.28. The summed E-state index contributed by atoms with van der Waals surface area (Å²) in [5.74, 6) is -0.100. The van der Waals surface area contributed by atoms with Crippen LogP contribution in [0.25, 0.3) is 0 Å². The van der Waals surface area contributed by atoms with E-state index in [4.69, 9.17) is 11.6 Å². The zero-order valence-electron chi connectivity index (χ0n) is 14.0. The maximum absolute atomic E-state index is 12.2. The SMILES string of the molecule is CN(CCNC(=O)C1CCN(S(C)(=O)=O)CC1)c1ccc(Cl)cc1. The Labute approximate surface area is 148 Å². The number of nitrogens with one attached hydrogen (secondary N) is 1. The number of likely N-dealkylation sites (N-methyl/N-ethyl adjacent to an activating group) is 1. The number of benzene rings is 1. The summed E-state index contributed by atoms with van der Waals surface area (Å²) in [4.78, 5) is 14.2. The standard InChI is InChI=1S/C16H24ClN3O3S/c1-19(15-5-3-14(17)4-6-15)12-9-18-16(21)13-7-10-20(11-8-13)24(2,22)23/h3-6,13H,7-12H2,1-2H3,(H,18,21). The lowest BCUT2D eigenvalue weighted by Gasteiger charge is -2.29. The lowest BCUT2D eigenvalue weighted by atomic mass is 9.97. The Hall–Kier alpha value is -1.31. The van der Waals surface area contributed by atoms with Gasteiger partial charge in [0.25, 0.3) is 0 Å². The molecule has 1 aliphatic rings. The summed E-state index contributed by atoms with van der Waals surface area (Å²) in [6, 6.07) is 7.54. The number of carbonyl (C=O) groups excluding carboxylic acids is 1. The van der Waals surface area contributed by atoms with Gasteiger partial charge in [-0.15, -0.1) is 0 Å². The van der Waals surface area contributed by atoms with Crippen molar-refractivity contribution < 1.29 is 13.2 Å². The van der Waals surface area contributed by atoms with E-state index in [0.29, 0.717) is 44.0 Å². The number of hydrogen-bond acceptors (Lipinski definition) is 4. The molecule has 8 heteroatoms. The zero-order chi connectivity index (χ0) is 17.7. The van der Waals surface area contributed by atoms with Gasteiger partial charge in [0, 0.05) is 49.9 Å². The van der Waals surface area contributed by atoms with E-state index < -0.39 is 10.0 Å². The normalized spacial score (nSPS) is 16.8. The molecule has 0 radical (unpaired) electrons. The molecule has 1 aromatic carbocycles. The quantitative estimate of drug-likeness (QED) is 0.821. The van der Waals surface area contributed by atoms with Crippen LogP contribution in [0, 0.1) is 5.92 Å².